The van der Waals surface area contributed by atoms with Gasteiger partial charge in [0.05, 0.1) is 6.61 Å². The van der Waals surface area contributed by atoms with Gasteiger partial charge in [-0.15, -0.1) is 0 Å². The molecule has 2 atom stereocenters. The first kappa shape index (κ1) is 20.7. The van der Waals surface area contributed by atoms with Crippen LogP contribution in [0.2, 0.25) is 0 Å². The fourth-order valence-corrected chi connectivity index (χ4v) is 1.79. The first-order valence-electron chi connectivity index (χ1n) is 8.68. The van der Waals surface area contributed by atoms with Gasteiger partial charge in [-0.05, 0) is 50.8 Å². The molecule has 126 valence electrons. The molecular formula is C20H35NO. The first-order chi connectivity index (χ1) is 10.6. The van der Waals surface area contributed by atoms with E-state index in [0.717, 1.165) is 24.3 Å². The van der Waals surface area contributed by atoms with E-state index < -0.39 is 0 Å². The quantitative estimate of drug-likeness (QED) is 0.592. The summed E-state index contributed by atoms with van der Waals surface area (Å²) >= 11 is 0. The van der Waals surface area contributed by atoms with Crippen LogP contribution < -0.4 is 10.1 Å². The van der Waals surface area contributed by atoms with Crippen molar-refractivity contribution < 1.29 is 4.74 Å². The van der Waals surface area contributed by atoms with Gasteiger partial charge in [0.2, 0.25) is 0 Å². The van der Waals surface area contributed by atoms with E-state index in [9.17, 15) is 0 Å². The van der Waals surface area contributed by atoms with E-state index in [0.29, 0.717) is 12.1 Å². The van der Waals surface area contributed by atoms with Gasteiger partial charge in [-0.25, -0.2) is 0 Å². The summed E-state index contributed by atoms with van der Waals surface area (Å²) in [6.07, 6.45) is 6.56. The van der Waals surface area contributed by atoms with Gasteiger partial charge >= 0.3 is 0 Å². The molecule has 0 bridgehead atoms. The Morgan fingerprint density at radius 2 is 1.77 bits per heavy atom. The topological polar surface area (TPSA) is 21.3 Å². The van der Waals surface area contributed by atoms with Crippen LogP contribution in [0.4, 0.5) is 0 Å². The number of benzene rings is 1. The van der Waals surface area contributed by atoms with E-state index in [1.54, 1.807) is 0 Å². The summed E-state index contributed by atoms with van der Waals surface area (Å²) in [5, 5.41) is 3.48. The second-order valence-electron chi connectivity index (χ2n) is 5.76. The second-order valence-corrected chi connectivity index (χ2v) is 5.76. The Morgan fingerprint density at radius 3 is 2.27 bits per heavy atom. The largest absolute Gasteiger partial charge is 0.494 e. The average molecular weight is 306 g/mol. The van der Waals surface area contributed by atoms with Crippen LogP contribution in [0.15, 0.2) is 30.8 Å². The van der Waals surface area contributed by atoms with Crippen molar-refractivity contribution in [3.63, 3.8) is 0 Å². The third-order valence-corrected chi connectivity index (χ3v) is 3.65. The maximum atomic E-state index is 5.54. The molecule has 0 fully saturated rings. The number of unbranched alkanes of at least 4 members (excludes halogenated alkanes) is 1. The smallest absolute Gasteiger partial charge is 0.119 e. The summed E-state index contributed by atoms with van der Waals surface area (Å²) < 4.78 is 5.54. The SMILES string of the molecule is C=Cc1cccc(OCCCC)c1.CCC(C)NC(C)CC. The van der Waals surface area contributed by atoms with Crippen molar-refractivity contribution in [3.8, 4) is 5.75 Å². The summed E-state index contributed by atoms with van der Waals surface area (Å²) in [6.45, 7) is 15.5. The summed E-state index contributed by atoms with van der Waals surface area (Å²) in [5.41, 5.74) is 1.11. The predicted molar refractivity (Wildman–Crippen MR) is 99.6 cm³/mol. The number of hydrogen-bond acceptors (Lipinski definition) is 2. The van der Waals surface area contributed by atoms with Gasteiger partial charge in [0.1, 0.15) is 5.75 Å². The van der Waals surface area contributed by atoms with Gasteiger partial charge in [0.25, 0.3) is 0 Å². The van der Waals surface area contributed by atoms with E-state index in [1.807, 2.05) is 30.3 Å². The fraction of sp³-hybridized carbons (Fsp3) is 0.600. The minimum absolute atomic E-state index is 0.681. The highest BCUT2D eigenvalue weighted by Gasteiger charge is 2.01. The molecule has 0 saturated heterocycles. The van der Waals surface area contributed by atoms with Crippen molar-refractivity contribution in [2.45, 2.75) is 72.4 Å². The highest BCUT2D eigenvalue weighted by Crippen LogP contribution is 2.14. The number of rotatable bonds is 9. The van der Waals surface area contributed by atoms with Gasteiger partial charge in [0, 0.05) is 12.1 Å². The van der Waals surface area contributed by atoms with E-state index >= 15 is 0 Å². The summed E-state index contributed by atoms with van der Waals surface area (Å²) in [4.78, 5) is 0. The normalized spacial score (nSPS) is 12.8. The van der Waals surface area contributed by atoms with E-state index in [1.165, 1.54) is 19.3 Å². The van der Waals surface area contributed by atoms with Crippen LogP contribution in [-0.2, 0) is 0 Å². The fourth-order valence-electron chi connectivity index (χ4n) is 1.79. The molecule has 1 aromatic rings. The Bertz CT molecular complexity index is 381. The Labute approximate surface area is 138 Å². The lowest BCUT2D eigenvalue weighted by molar-refractivity contribution is 0.309. The maximum Gasteiger partial charge on any atom is 0.119 e. The van der Waals surface area contributed by atoms with Crippen LogP contribution in [0, 0.1) is 0 Å². The molecule has 2 nitrogen and oxygen atoms in total. The molecule has 0 aromatic heterocycles. The zero-order chi connectivity index (χ0) is 16.8. The van der Waals surface area contributed by atoms with Crippen molar-refractivity contribution in [2.24, 2.45) is 0 Å². The molecule has 2 unspecified atom stereocenters. The molecule has 1 aromatic carbocycles. The van der Waals surface area contributed by atoms with Crippen LogP contribution in [0.1, 0.15) is 65.9 Å². The Morgan fingerprint density at radius 1 is 1.14 bits per heavy atom. The summed E-state index contributed by atoms with van der Waals surface area (Å²) in [5.74, 6) is 0.936. The predicted octanol–water partition coefficient (Wildman–Crippen LogP) is 5.68. The van der Waals surface area contributed by atoms with Crippen LogP contribution in [0.3, 0.4) is 0 Å². The number of nitrogens with one attached hydrogen (secondary N) is 1. The third kappa shape index (κ3) is 10.4. The van der Waals surface area contributed by atoms with E-state index in [2.05, 4.69) is 46.5 Å². The van der Waals surface area contributed by atoms with Crippen LogP contribution in [-0.4, -0.2) is 18.7 Å². The highest BCUT2D eigenvalue weighted by molar-refractivity contribution is 5.49. The summed E-state index contributed by atoms with van der Waals surface area (Å²) in [6, 6.07) is 9.34. The molecule has 0 aliphatic rings. The molecule has 0 heterocycles. The highest BCUT2D eigenvalue weighted by atomic mass is 16.5. The van der Waals surface area contributed by atoms with Crippen LogP contribution >= 0.6 is 0 Å². The van der Waals surface area contributed by atoms with Crippen molar-refractivity contribution in [2.75, 3.05) is 6.61 Å². The lowest BCUT2D eigenvalue weighted by Crippen LogP contribution is -2.33. The molecule has 1 rings (SSSR count). The molecule has 0 radical (unpaired) electrons. The van der Waals surface area contributed by atoms with Crippen LogP contribution in [0.5, 0.6) is 5.75 Å². The molecule has 0 aliphatic carbocycles. The second kappa shape index (κ2) is 13.4. The Balaban J connectivity index is 0.000000433. The van der Waals surface area contributed by atoms with Gasteiger partial charge in [-0.1, -0.05) is 52.0 Å². The molecule has 0 saturated carbocycles. The maximum absolute atomic E-state index is 5.54. The lowest BCUT2D eigenvalue weighted by atomic mass is 10.2. The molecule has 22 heavy (non-hydrogen) atoms. The molecule has 2 heteroatoms. The van der Waals surface area contributed by atoms with E-state index in [-0.39, 0.29) is 0 Å². The Hall–Kier alpha value is -1.28. The van der Waals surface area contributed by atoms with Crippen LogP contribution in [0.25, 0.3) is 6.08 Å². The lowest BCUT2D eigenvalue weighted by Gasteiger charge is -2.16. The minimum Gasteiger partial charge on any atom is -0.494 e. The molecule has 0 amide bonds. The molecule has 0 aliphatic heterocycles. The zero-order valence-electron chi connectivity index (χ0n) is 15.2. The first-order valence-corrected chi connectivity index (χ1v) is 8.68. The number of hydrogen-bond donors (Lipinski definition) is 1. The van der Waals surface area contributed by atoms with Crippen molar-refractivity contribution in [1.82, 2.24) is 5.32 Å². The average Bonchev–Trinajstić information content (AvgIpc) is 2.55. The monoisotopic (exact) mass is 305 g/mol. The minimum atomic E-state index is 0.681. The standard InChI is InChI=1S/C12H16O.C8H19N/c1-3-5-9-13-12-8-6-7-11(4-2)10-12;1-5-7(3)9-8(4)6-2/h4,6-8,10H,2-3,5,9H2,1H3;7-9H,5-6H2,1-4H3. The zero-order valence-corrected chi connectivity index (χ0v) is 15.2. The third-order valence-electron chi connectivity index (χ3n) is 3.65. The van der Waals surface area contributed by atoms with Crippen molar-refractivity contribution in [1.29, 1.82) is 0 Å². The Kier molecular flexibility index (Phi) is 12.6. The molecular weight excluding hydrogens is 270 g/mol. The van der Waals surface area contributed by atoms with Gasteiger partial charge in [-0.3, -0.25) is 0 Å². The van der Waals surface area contributed by atoms with Crippen molar-refractivity contribution in [3.05, 3.63) is 36.4 Å². The van der Waals surface area contributed by atoms with Crippen molar-refractivity contribution >= 4 is 6.08 Å². The molecule has 0 spiro atoms. The summed E-state index contributed by atoms with van der Waals surface area (Å²) in [7, 11) is 0. The molecule has 1 N–H and O–H groups in total. The van der Waals surface area contributed by atoms with Gasteiger partial charge in [-0.2, -0.15) is 0 Å². The van der Waals surface area contributed by atoms with E-state index in [4.69, 9.17) is 4.74 Å². The number of ether oxygens (including phenoxy) is 1. The van der Waals surface area contributed by atoms with Gasteiger partial charge < -0.3 is 10.1 Å². The van der Waals surface area contributed by atoms with Gasteiger partial charge in [0.15, 0.2) is 0 Å².